The van der Waals surface area contributed by atoms with Gasteiger partial charge in [0.1, 0.15) is 0 Å². The lowest BCUT2D eigenvalue weighted by atomic mass is 9.82. The maximum Gasteiger partial charge on any atom is 0.0483 e. The molecule has 0 aromatic heterocycles. The van der Waals surface area contributed by atoms with Gasteiger partial charge < -0.3 is 10.2 Å². The third kappa shape index (κ3) is 4.89. The zero-order chi connectivity index (χ0) is 13.7. The van der Waals surface area contributed by atoms with Crippen molar-refractivity contribution in [2.75, 3.05) is 0 Å². The van der Waals surface area contributed by atoms with Crippen LogP contribution in [0.25, 0.3) is 0 Å². The minimum Gasteiger partial charge on any atom is -0.394 e. The van der Waals surface area contributed by atoms with Gasteiger partial charge >= 0.3 is 0 Å². The van der Waals surface area contributed by atoms with Gasteiger partial charge in [0.15, 0.2) is 0 Å². The molecule has 3 aliphatic carbocycles. The first-order valence-electron chi connectivity index (χ1n) is 7.78. The maximum atomic E-state index is 8.06. The molecular formula is C16H32O2. The van der Waals surface area contributed by atoms with Gasteiger partial charge in [0.25, 0.3) is 0 Å². The summed E-state index contributed by atoms with van der Waals surface area (Å²) in [5, 5.41) is 16.1. The van der Waals surface area contributed by atoms with Gasteiger partial charge in [-0.1, -0.05) is 6.42 Å². The lowest BCUT2D eigenvalue weighted by molar-refractivity contribution is 0.215. The fourth-order valence-electron chi connectivity index (χ4n) is 4.02. The Morgan fingerprint density at radius 2 is 1.06 bits per heavy atom. The highest BCUT2D eigenvalue weighted by molar-refractivity contribution is 4.98. The van der Waals surface area contributed by atoms with Gasteiger partial charge in [-0.05, 0) is 83.5 Å². The van der Waals surface area contributed by atoms with E-state index in [0.717, 1.165) is 0 Å². The van der Waals surface area contributed by atoms with E-state index in [1.807, 2.05) is 0 Å². The molecule has 0 spiro atoms. The van der Waals surface area contributed by atoms with E-state index in [1.54, 1.807) is 66.2 Å². The first kappa shape index (κ1) is 16.0. The second-order valence-electron chi connectivity index (χ2n) is 6.78. The van der Waals surface area contributed by atoms with Gasteiger partial charge in [0, 0.05) is 12.2 Å². The Bertz CT molecular complexity index is 198. The molecule has 2 N–H and O–H groups in total. The molecular weight excluding hydrogens is 224 g/mol. The summed E-state index contributed by atoms with van der Waals surface area (Å²) in [5.74, 6) is 4.80. The summed E-state index contributed by atoms with van der Waals surface area (Å²) < 4.78 is 0. The summed E-state index contributed by atoms with van der Waals surface area (Å²) in [6.45, 7) is 6.89. The monoisotopic (exact) mass is 256 g/mol. The van der Waals surface area contributed by atoms with Crippen LogP contribution in [-0.4, -0.2) is 22.4 Å². The molecule has 3 aliphatic rings. The Kier molecular flexibility index (Phi) is 6.65. The second-order valence-corrected chi connectivity index (χ2v) is 6.78. The standard InChI is InChI=1S/C10H16.2C3H8O/c1-2-9-7-4-5-8(6-7)10(9)3-1;2*1-3(2)4/h7-10H,1-6H2;2*3-4H,1-2H3. The number of aliphatic hydroxyl groups is 2. The lowest BCUT2D eigenvalue weighted by Gasteiger charge is -2.23. The molecule has 0 saturated heterocycles. The van der Waals surface area contributed by atoms with Crippen LogP contribution in [0.2, 0.25) is 0 Å². The average molecular weight is 256 g/mol. The van der Waals surface area contributed by atoms with Crippen LogP contribution in [-0.2, 0) is 0 Å². The third-order valence-electron chi connectivity index (χ3n) is 4.35. The number of aliphatic hydroxyl groups excluding tert-OH is 2. The molecule has 0 aromatic carbocycles. The molecule has 3 saturated carbocycles. The van der Waals surface area contributed by atoms with Crippen LogP contribution in [0.4, 0.5) is 0 Å². The molecule has 18 heavy (non-hydrogen) atoms. The number of hydrogen-bond acceptors (Lipinski definition) is 2. The van der Waals surface area contributed by atoms with Crippen LogP contribution in [0.15, 0.2) is 0 Å². The molecule has 2 nitrogen and oxygen atoms in total. The fourth-order valence-corrected chi connectivity index (χ4v) is 4.02. The van der Waals surface area contributed by atoms with Crippen LogP contribution in [0.1, 0.15) is 66.2 Å². The number of fused-ring (bicyclic) bond motifs is 5. The molecule has 0 aliphatic heterocycles. The van der Waals surface area contributed by atoms with Crippen LogP contribution in [0.5, 0.6) is 0 Å². The average Bonchev–Trinajstić information content (AvgIpc) is 2.90. The van der Waals surface area contributed by atoms with Gasteiger partial charge in [-0.2, -0.15) is 0 Å². The highest BCUT2D eigenvalue weighted by Crippen LogP contribution is 2.58. The highest BCUT2D eigenvalue weighted by atomic mass is 16.3. The summed E-state index contributed by atoms with van der Waals surface area (Å²) in [6, 6.07) is 0. The van der Waals surface area contributed by atoms with Gasteiger partial charge in [0.05, 0.1) is 0 Å². The van der Waals surface area contributed by atoms with E-state index in [2.05, 4.69) is 0 Å². The summed E-state index contributed by atoms with van der Waals surface area (Å²) in [5.41, 5.74) is 0. The van der Waals surface area contributed by atoms with Crippen molar-refractivity contribution < 1.29 is 10.2 Å². The minimum atomic E-state index is -0.167. The van der Waals surface area contributed by atoms with Crippen LogP contribution < -0.4 is 0 Å². The molecule has 0 heterocycles. The largest absolute Gasteiger partial charge is 0.394 e. The van der Waals surface area contributed by atoms with Gasteiger partial charge in [0.2, 0.25) is 0 Å². The van der Waals surface area contributed by atoms with Crippen molar-refractivity contribution >= 4 is 0 Å². The molecule has 2 heteroatoms. The molecule has 4 unspecified atom stereocenters. The highest BCUT2D eigenvalue weighted by Gasteiger charge is 2.48. The molecule has 0 radical (unpaired) electrons. The third-order valence-corrected chi connectivity index (χ3v) is 4.35. The smallest absolute Gasteiger partial charge is 0.0483 e. The molecule has 108 valence electrons. The Balaban J connectivity index is 0.000000174. The first-order chi connectivity index (χ1) is 8.41. The van der Waals surface area contributed by atoms with Crippen molar-refractivity contribution in [1.29, 1.82) is 0 Å². The Hall–Kier alpha value is -0.0800. The number of rotatable bonds is 0. The van der Waals surface area contributed by atoms with Gasteiger partial charge in [-0.25, -0.2) is 0 Å². The van der Waals surface area contributed by atoms with E-state index >= 15 is 0 Å². The van der Waals surface area contributed by atoms with Crippen molar-refractivity contribution in [2.24, 2.45) is 23.7 Å². The van der Waals surface area contributed by atoms with Crippen LogP contribution >= 0.6 is 0 Å². The maximum absolute atomic E-state index is 8.06. The van der Waals surface area contributed by atoms with E-state index in [-0.39, 0.29) is 12.2 Å². The predicted octanol–water partition coefficient (Wildman–Crippen LogP) is 3.61. The van der Waals surface area contributed by atoms with Crippen molar-refractivity contribution in [1.82, 2.24) is 0 Å². The van der Waals surface area contributed by atoms with E-state index in [9.17, 15) is 0 Å². The normalized spacial score (nSPS) is 36.0. The minimum absolute atomic E-state index is 0.167. The van der Waals surface area contributed by atoms with Gasteiger partial charge in [-0.15, -0.1) is 0 Å². The fraction of sp³-hybridized carbons (Fsp3) is 1.00. The van der Waals surface area contributed by atoms with Crippen molar-refractivity contribution in [3.05, 3.63) is 0 Å². The molecule has 0 aromatic rings. The Morgan fingerprint density at radius 3 is 1.39 bits per heavy atom. The SMILES string of the molecule is C1CC2C3CCC(C3)C2C1.CC(C)O.CC(C)O. The quantitative estimate of drug-likeness (QED) is 0.695. The number of hydrogen-bond donors (Lipinski definition) is 2. The van der Waals surface area contributed by atoms with E-state index in [1.165, 1.54) is 23.7 Å². The summed E-state index contributed by atoms with van der Waals surface area (Å²) >= 11 is 0. The van der Waals surface area contributed by atoms with Crippen molar-refractivity contribution in [2.45, 2.75) is 78.4 Å². The van der Waals surface area contributed by atoms with E-state index < -0.39 is 0 Å². The molecule has 2 bridgehead atoms. The zero-order valence-corrected chi connectivity index (χ0v) is 12.6. The molecule has 3 fully saturated rings. The first-order valence-corrected chi connectivity index (χ1v) is 7.78. The predicted molar refractivity (Wildman–Crippen MR) is 76.4 cm³/mol. The Morgan fingerprint density at radius 1 is 0.722 bits per heavy atom. The second kappa shape index (κ2) is 7.49. The molecule has 3 rings (SSSR count). The summed E-state index contributed by atoms with van der Waals surface area (Å²) in [6.07, 6.45) is 9.20. The Labute approximate surface area is 113 Å². The molecule has 0 amide bonds. The lowest BCUT2D eigenvalue weighted by Crippen LogP contribution is -2.15. The van der Waals surface area contributed by atoms with E-state index in [4.69, 9.17) is 10.2 Å². The zero-order valence-electron chi connectivity index (χ0n) is 12.6. The van der Waals surface area contributed by atoms with Crippen molar-refractivity contribution in [3.63, 3.8) is 0 Å². The van der Waals surface area contributed by atoms with E-state index in [0.29, 0.717) is 0 Å². The summed E-state index contributed by atoms with van der Waals surface area (Å²) in [7, 11) is 0. The van der Waals surface area contributed by atoms with Crippen LogP contribution in [0.3, 0.4) is 0 Å². The molecule has 4 atom stereocenters. The van der Waals surface area contributed by atoms with Gasteiger partial charge in [-0.3, -0.25) is 0 Å². The topological polar surface area (TPSA) is 40.5 Å². The van der Waals surface area contributed by atoms with Crippen molar-refractivity contribution in [3.8, 4) is 0 Å². The van der Waals surface area contributed by atoms with Crippen LogP contribution in [0, 0.1) is 23.7 Å². The summed E-state index contributed by atoms with van der Waals surface area (Å²) in [4.78, 5) is 0.